The summed E-state index contributed by atoms with van der Waals surface area (Å²) in [7, 11) is 0. The molecule has 1 aromatic carbocycles. The molecule has 102 valence electrons. The molecule has 2 rings (SSSR count). The van der Waals surface area contributed by atoms with Crippen molar-refractivity contribution in [2.24, 2.45) is 0 Å². The van der Waals surface area contributed by atoms with E-state index < -0.39 is 12.1 Å². The van der Waals surface area contributed by atoms with Gasteiger partial charge in [-0.3, -0.25) is 9.59 Å². The van der Waals surface area contributed by atoms with Gasteiger partial charge in [-0.05, 0) is 30.5 Å². The van der Waals surface area contributed by atoms with Gasteiger partial charge in [0.25, 0.3) is 5.91 Å². The van der Waals surface area contributed by atoms with Gasteiger partial charge in [-0.25, -0.2) is 0 Å². The molecule has 1 aromatic rings. The van der Waals surface area contributed by atoms with Crippen molar-refractivity contribution in [3.63, 3.8) is 0 Å². The van der Waals surface area contributed by atoms with E-state index >= 15 is 0 Å². The zero-order chi connectivity index (χ0) is 13.8. The largest absolute Gasteiger partial charge is 0.506 e. The number of nitrogens with one attached hydrogen (secondary N) is 1. The molecule has 1 aliphatic rings. The summed E-state index contributed by atoms with van der Waals surface area (Å²) < 4.78 is 5.23. The minimum atomic E-state index is -0.970. The van der Waals surface area contributed by atoms with Crippen LogP contribution in [-0.2, 0) is 20.7 Å². The highest BCUT2D eigenvalue weighted by Crippen LogP contribution is 2.25. The van der Waals surface area contributed by atoms with Crippen LogP contribution >= 0.6 is 0 Å². The van der Waals surface area contributed by atoms with Crippen LogP contribution in [0.25, 0.3) is 0 Å². The fourth-order valence-corrected chi connectivity index (χ4v) is 1.97. The van der Waals surface area contributed by atoms with E-state index in [9.17, 15) is 14.7 Å². The lowest BCUT2D eigenvalue weighted by molar-refractivity contribution is -0.136. The number of carboxylic acid groups (broad SMARTS) is 1. The third-order valence-corrected chi connectivity index (χ3v) is 2.90. The van der Waals surface area contributed by atoms with Crippen LogP contribution in [0.4, 0.5) is 5.69 Å². The van der Waals surface area contributed by atoms with E-state index in [0.29, 0.717) is 18.6 Å². The molecular weight excluding hydrogens is 250 g/mol. The molecular formula is C13H15NO5. The Kier molecular flexibility index (Phi) is 4.01. The summed E-state index contributed by atoms with van der Waals surface area (Å²) in [4.78, 5) is 22.5. The number of anilines is 1. The van der Waals surface area contributed by atoms with Crippen LogP contribution in [0.1, 0.15) is 18.4 Å². The summed E-state index contributed by atoms with van der Waals surface area (Å²) in [6.07, 6.45) is 0.829. The predicted octanol–water partition coefficient (Wildman–Crippen LogP) is 1.14. The number of hydrogen-bond donors (Lipinski definition) is 3. The molecule has 6 heteroatoms. The second-order valence-electron chi connectivity index (χ2n) is 4.41. The number of ether oxygens (including phenoxy) is 1. The van der Waals surface area contributed by atoms with E-state index in [0.717, 1.165) is 6.42 Å². The van der Waals surface area contributed by atoms with Crippen molar-refractivity contribution in [1.29, 1.82) is 0 Å². The predicted molar refractivity (Wildman–Crippen MR) is 67.1 cm³/mol. The maximum atomic E-state index is 11.8. The van der Waals surface area contributed by atoms with Gasteiger partial charge in [-0.1, -0.05) is 6.07 Å². The average Bonchev–Trinajstić information content (AvgIpc) is 2.86. The standard InChI is InChI=1S/C13H15NO5/c15-10-4-3-8(7-12(16)17)6-9(10)14-13(18)11-2-1-5-19-11/h3-4,6,11,15H,1-2,5,7H2,(H,14,18)(H,16,17). The lowest BCUT2D eigenvalue weighted by atomic mass is 10.1. The first kappa shape index (κ1) is 13.4. The van der Waals surface area contributed by atoms with Crippen molar-refractivity contribution in [3.05, 3.63) is 23.8 Å². The van der Waals surface area contributed by atoms with Crippen molar-refractivity contribution in [2.45, 2.75) is 25.4 Å². The van der Waals surface area contributed by atoms with Crippen LogP contribution in [-0.4, -0.2) is 34.8 Å². The highest BCUT2D eigenvalue weighted by Gasteiger charge is 2.24. The van der Waals surface area contributed by atoms with Crippen LogP contribution in [0, 0.1) is 0 Å². The second kappa shape index (κ2) is 5.71. The van der Waals surface area contributed by atoms with Gasteiger partial charge in [0.1, 0.15) is 11.9 Å². The molecule has 19 heavy (non-hydrogen) atoms. The lowest BCUT2D eigenvalue weighted by Crippen LogP contribution is -2.26. The summed E-state index contributed by atoms with van der Waals surface area (Å²) in [5.74, 6) is -1.39. The second-order valence-corrected chi connectivity index (χ2v) is 4.41. The Bertz CT molecular complexity index is 494. The number of phenolic OH excluding ortho intramolecular Hbond substituents is 1. The number of benzene rings is 1. The van der Waals surface area contributed by atoms with Crippen LogP contribution in [0.15, 0.2) is 18.2 Å². The Morgan fingerprint density at radius 2 is 2.21 bits per heavy atom. The molecule has 0 radical (unpaired) electrons. The number of amides is 1. The maximum absolute atomic E-state index is 11.8. The molecule has 1 saturated heterocycles. The third-order valence-electron chi connectivity index (χ3n) is 2.90. The van der Waals surface area contributed by atoms with Crippen molar-refractivity contribution < 1.29 is 24.5 Å². The molecule has 6 nitrogen and oxygen atoms in total. The van der Waals surface area contributed by atoms with Gasteiger partial charge in [0, 0.05) is 6.61 Å². The number of hydrogen-bond acceptors (Lipinski definition) is 4. The first-order valence-corrected chi connectivity index (χ1v) is 6.02. The number of rotatable bonds is 4. The summed E-state index contributed by atoms with van der Waals surface area (Å²) in [6, 6.07) is 4.32. The Morgan fingerprint density at radius 1 is 1.42 bits per heavy atom. The topological polar surface area (TPSA) is 95.9 Å². The number of aliphatic carboxylic acids is 1. The first-order valence-electron chi connectivity index (χ1n) is 6.02. The lowest BCUT2D eigenvalue weighted by Gasteiger charge is -2.12. The smallest absolute Gasteiger partial charge is 0.307 e. The number of carbonyl (C=O) groups is 2. The van der Waals surface area contributed by atoms with E-state index in [4.69, 9.17) is 9.84 Å². The first-order chi connectivity index (χ1) is 9.06. The van der Waals surface area contributed by atoms with Crippen molar-refractivity contribution in [2.75, 3.05) is 11.9 Å². The van der Waals surface area contributed by atoms with Crippen molar-refractivity contribution >= 4 is 17.6 Å². The molecule has 3 N–H and O–H groups in total. The Morgan fingerprint density at radius 3 is 2.84 bits per heavy atom. The summed E-state index contributed by atoms with van der Waals surface area (Å²) in [5, 5.41) is 20.9. The molecule has 1 fully saturated rings. The van der Waals surface area contributed by atoms with Crippen LogP contribution in [0.2, 0.25) is 0 Å². The maximum Gasteiger partial charge on any atom is 0.307 e. The molecule has 0 aliphatic carbocycles. The number of carbonyl (C=O) groups excluding carboxylic acids is 1. The zero-order valence-electron chi connectivity index (χ0n) is 10.3. The normalized spacial score (nSPS) is 18.2. The number of carboxylic acids is 1. The molecule has 1 heterocycles. The van der Waals surface area contributed by atoms with Gasteiger partial charge < -0.3 is 20.3 Å². The number of aromatic hydroxyl groups is 1. The van der Waals surface area contributed by atoms with E-state index in [-0.39, 0.29) is 23.8 Å². The monoisotopic (exact) mass is 265 g/mol. The molecule has 1 unspecified atom stereocenters. The quantitative estimate of drug-likeness (QED) is 0.709. The van der Waals surface area contributed by atoms with Gasteiger partial charge in [0.2, 0.25) is 0 Å². The number of phenols is 1. The molecule has 0 aromatic heterocycles. The zero-order valence-corrected chi connectivity index (χ0v) is 10.3. The van der Waals surface area contributed by atoms with Gasteiger partial charge >= 0.3 is 5.97 Å². The van der Waals surface area contributed by atoms with Crippen molar-refractivity contribution in [3.8, 4) is 5.75 Å². The molecule has 0 bridgehead atoms. The van der Waals surface area contributed by atoms with Gasteiger partial charge in [-0.15, -0.1) is 0 Å². The van der Waals surface area contributed by atoms with E-state index in [1.807, 2.05) is 0 Å². The van der Waals surface area contributed by atoms with Crippen LogP contribution in [0.5, 0.6) is 5.75 Å². The van der Waals surface area contributed by atoms with Crippen LogP contribution < -0.4 is 5.32 Å². The third kappa shape index (κ3) is 3.45. The van der Waals surface area contributed by atoms with Crippen LogP contribution in [0.3, 0.4) is 0 Å². The Labute approximate surface area is 110 Å². The van der Waals surface area contributed by atoms with Gasteiger partial charge in [0.15, 0.2) is 0 Å². The highest BCUT2D eigenvalue weighted by atomic mass is 16.5. The average molecular weight is 265 g/mol. The van der Waals surface area contributed by atoms with Crippen molar-refractivity contribution in [1.82, 2.24) is 0 Å². The minimum Gasteiger partial charge on any atom is -0.506 e. The minimum absolute atomic E-state index is 0.0968. The van der Waals surface area contributed by atoms with E-state index in [1.165, 1.54) is 18.2 Å². The molecule has 0 spiro atoms. The summed E-state index contributed by atoms with van der Waals surface area (Å²) in [5.41, 5.74) is 0.715. The Balaban J connectivity index is 2.09. The molecule has 1 amide bonds. The fraction of sp³-hybridized carbons (Fsp3) is 0.385. The summed E-state index contributed by atoms with van der Waals surface area (Å²) in [6.45, 7) is 0.559. The SMILES string of the molecule is O=C(O)Cc1ccc(O)c(NC(=O)C2CCCO2)c1. The highest BCUT2D eigenvalue weighted by molar-refractivity contribution is 5.95. The van der Waals surface area contributed by atoms with E-state index in [1.54, 1.807) is 0 Å². The van der Waals surface area contributed by atoms with Gasteiger partial charge in [0.05, 0.1) is 12.1 Å². The molecule has 1 atom stereocenters. The van der Waals surface area contributed by atoms with Gasteiger partial charge in [-0.2, -0.15) is 0 Å². The fourth-order valence-electron chi connectivity index (χ4n) is 1.97. The molecule has 1 aliphatic heterocycles. The van der Waals surface area contributed by atoms with E-state index in [2.05, 4.69) is 5.32 Å². The molecule has 0 saturated carbocycles. The summed E-state index contributed by atoms with van der Waals surface area (Å²) >= 11 is 0. The Hall–Kier alpha value is -2.08.